The molecule has 0 bridgehead atoms. The van der Waals surface area contributed by atoms with E-state index in [1.54, 1.807) is 18.5 Å². The van der Waals surface area contributed by atoms with Gasteiger partial charge in [-0.2, -0.15) is 0 Å². The van der Waals surface area contributed by atoms with Crippen molar-refractivity contribution in [1.82, 2.24) is 4.98 Å². The van der Waals surface area contributed by atoms with Crippen molar-refractivity contribution in [2.24, 2.45) is 0 Å². The molecule has 26 heavy (non-hydrogen) atoms. The third kappa shape index (κ3) is 2.74. The Morgan fingerprint density at radius 2 is 1.96 bits per heavy atom. The fraction of sp³-hybridized carbons (Fsp3) is 0.200. The van der Waals surface area contributed by atoms with E-state index in [9.17, 15) is 5.11 Å². The molecule has 1 aromatic heterocycles. The molecule has 1 aliphatic rings. The van der Waals surface area contributed by atoms with Gasteiger partial charge in [0, 0.05) is 24.7 Å². The van der Waals surface area contributed by atoms with Crippen molar-refractivity contribution in [3.05, 3.63) is 71.5 Å². The first-order chi connectivity index (χ1) is 12.7. The van der Waals surface area contributed by atoms with E-state index in [1.807, 2.05) is 41.0 Å². The van der Waals surface area contributed by atoms with E-state index in [-0.39, 0.29) is 18.3 Å². The van der Waals surface area contributed by atoms with Crippen LogP contribution in [0.15, 0.2) is 54.9 Å². The second kappa shape index (κ2) is 6.65. The van der Waals surface area contributed by atoms with Gasteiger partial charge in [0.25, 0.3) is 0 Å². The zero-order valence-electron chi connectivity index (χ0n) is 14.2. The van der Waals surface area contributed by atoms with E-state index < -0.39 is 0 Å². The zero-order chi connectivity index (χ0) is 18.1. The van der Waals surface area contributed by atoms with Gasteiger partial charge in [0.2, 0.25) is 12.1 Å². The van der Waals surface area contributed by atoms with Crippen LogP contribution < -0.4 is 15.0 Å². The first kappa shape index (κ1) is 16.4. The highest BCUT2D eigenvalue weighted by Crippen LogP contribution is 2.48. The SMILES string of the molecule is Nc1c2c(nc[n+]1CCCO)Oc1cc(O)ccc1[C@H]2c1ccccc1. The van der Waals surface area contributed by atoms with Crippen molar-refractivity contribution in [2.45, 2.75) is 18.9 Å². The topological polar surface area (TPSA) is 92.5 Å². The lowest BCUT2D eigenvalue weighted by Crippen LogP contribution is -2.40. The van der Waals surface area contributed by atoms with Gasteiger partial charge in [0.15, 0.2) is 0 Å². The molecule has 2 heterocycles. The average molecular weight is 350 g/mol. The highest BCUT2D eigenvalue weighted by molar-refractivity contribution is 5.62. The number of nitrogen functional groups attached to an aromatic ring is 1. The van der Waals surface area contributed by atoms with Crippen LogP contribution in [0.3, 0.4) is 0 Å². The van der Waals surface area contributed by atoms with Gasteiger partial charge in [0.05, 0.1) is 12.5 Å². The molecular weight excluding hydrogens is 330 g/mol. The highest BCUT2D eigenvalue weighted by atomic mass is 16.5. The number of ether oxygens (including phenoxy) is 1. The fourth-order valence-corrected chi connectivity index (χ4v) is 3.39. The third-order valence-corrected chi connectivity index (χ3v) is 4.62. The molecule has 3 aromatic rings. The molecule has 6 heteroatoms. The number of aliphatic hydroxyl groups is 1. The summed E-state index contributed by atoms with van der Waals surface area (Å²) in [5.41, 5.74) is 9.27. The van der Waals surface area contributed by atoms with Gasteiger partial charge in [0.1, 0.15) is 17.1 Å². The first-order valence-electron chi connectivity index (χ1n) is 8.53. The van der Waals surface area contributed by atoms with Crippen molar-refractivity contribution in [1.29, 1.82) is 0 Å². The van der Waals surface area contributed by atoms with E-state index in [0.717, 1.165) is 16.7 Å². The highest BCUT2D eigenvalue weighted by Gasteiger charge is 2.36. The van der Waals surface area contributed by atoms with Crippen LogP contribution in [0.5, 0.6) is 17.4 Å². The number of nitrogens with two attached hydrogens (primary N) is 1. The Bertz CT molecular complexity index is 945. The number of nitrogens with zero attached hydrogens (tertiary/aromatic N) is 2. The second-order valence-electron chi connectivity index (χ2n) is 6.29. The first-order valence-corrected chi connectivity index (χ1v) is 8.53. The summed E-state index contributed by atoms with van der Waals surface area (Å²) in [6, 6.07) is 15.1. The summed E-state index contributed by atoms with van der Waals surface area (Å²) in [6.07, 6.45) is 2.22. The summed E-state index contributed by atoms with van der Waals surface area (Å²) in [5, 5.41) is 19.0. The van der Waals surface area contributed by atoms with Crippen LogP contribution in [0.2, 0.25) is 0 Å². The maximum absolute atomic E-state index is 9.84. The normalized spacial score (nSPS) is 15.0. The minimum atomic E-state index is -0.148. The van der Waals surface area contributed by atoms with Gasteiger partial charge in [-0.3, -0.25) is 0 Å². The van der Waals surface area contributed by atoms with Crippen molar-refractivity contribution in [3.63, 3.8) is 0 Å². The number of anilines is 1. The van der Waals surface area contributed by atoms with Crippen LogP contribution in [0, 0.1) is 0 Å². The summed E-state index contributed by atoms with van der Waals surface area (Å²) in [4.78, 5) is 4.43. The Morgan fingerprint density at radius 1 is 1.15 bits per heavy atom. The molecule has 0 saturated carbocycles. The van der Waals surface area contributed by atoms with Gasteiger partial charge >= 0.3 is 5.88 Å². The fourth-order valence-electron chi connectivity index (χ4n) is 3.39. The van der Waals surface area contributed by atoms with Crippen molar-refractivity contribution < 1.29 is 19.5 Å². The minimum Gasteiger partial charge on any atom is -0.508 e. The molecule has 4 N–H and O–H groups in total. The number of hydrogen-bond donors (Lipinski definition) is 3. The summed E-state index contributed by atoms with van der Waals surface area (Å²) in [5.74, 6) is 1.57. The Balaban J connectivity index is 1.92. The molecule has 2 aromatic carbocycles. The van der Waals surface area contributed by atoms with E-state index in [0.29, 0.717) is 30.4 Å². The number of hydrogen-bond acceptors (Lipinski definition) is 5. The van der Waals surface area contributed by atoms with Gasteiger partial charge in [-0.05, 0) is 11.6 Å². The molecule has 4 rings (SSSR count). The van der Waals surface area contributed by atoms with Gasteiger partial charge in [-0.15, -0.1) is 0 Å². The lowest BCUT2D eigenvalue weighted by Gasteiger charge is -2.27. The third-order valence-electron chi connectivity index (χ3n) is 4.62. The number of aryl methyl sites for hydroxylation is 1. The maximum atomic E-state index is 9.84. The number of benzene rings is 2. The smallest absolute Gasteiger partial charge is 0.306 e. The standard InChI is InChI=1S/C20H19N3O3/c21-19-18-17(13-5-2-1-3-6-13)15-8-7-14(25)11-16(15)26-20(18)22-12-23(19)9-4-10-24/h1-3,5-8,11-12,17,21,24-25H,4,9-10H2/p+1/t17-/m1/s1. The van der Waals surface area contributed by atoms with Crippen LogP contribution in [0.1, 0.15) is 29.0 Å². The van der Waals surface area contributed by atoms with Crippen LogP contribution >= 0.6 is 0 Å². The molecular formula is C20H20N3O3+. The number of rotatable bonds is 4. The predicted molar refractivity (Wildman–Crippen MR) is 96.1 cm³/mol. The molecule has 0 spiro atoms. The Morgan fingerprint density at radius 3 is 2.73 bits per heavy atom. The van der Waals surface area contributed by atoms with E-state index >= 15 is 0 Å². The molecule has 0 radical (unpaired) electrons. The molecule has 0 unspecified atom stereocenters. The lowest BCUT2D eigenvalue weighted by molar-refractivity contribution is -0.686. The molecule has 0 saturated heterocycles. The van der Waals surface area contributed by atoms with Crippen LogP contribution in [0.25, 0.3) is 0 Å². The largest absolute Gasteiger partial charge is 0.508 e. The molecule has 6 nitrogen and oxygen atoms in total. The van der Waals surface area contributed by atoms with Crippen LogP contribution in [-0.4, -0.2) is 21.8 Å². The Labute approximate surface area is 151 Å². The Hall–Kier alpha value is -3.12. The molecule has 1 aliphatic heterocycles. The molecule has 132 valence electrons. The lowest BCUT2D eigenvalue weighted by atomic mass is 9.83. The van der Waals surface area contributed by atoms with E-state index in [1.165, 1.54) is 0 Å². The van der Waals surface area contributed by atoms with Crippen LogP contribution in [-0.2, 0) is 6.54 Å². The second-order valence-corrected chi connectivity index (χ2v) is 6.29. The molecule has 0 aliphatic carbocycles. The van der Waals surface area contributed by atoms with E-state index in [4.69, 9.17) is 15.6 Å². The average Bonchev–Trinajstić information content (AvgIpc) is 2.66. The van der Waals surface area contributed by atoms with Crippen molar-refractivity contribution in [3.8, 4) is 17.4 Å². The summed E-state index contributed by atoms with van der Waals surface area (Å²) in [6.45, 7) is 0.663. The summed E-state index contributed by atoms with van der Waals surface area (Å²) in [7, 11) is 0. The summed E-state index contributed by atoms with van der Waals surface area (Å²) >= 11 is 0. The van der Waals surface area contributed by atoms with Crippen molar-refractivity contribution >= 4 is 5.82 Å². The van der Waals surface area contributed by atoms with Gasteiger partial charge in [-0.25, -0.2) is 4.57 Å². The Kier molecular flexibility index (Phi) is 4.18. The molecule has 0 fully saturated rings. The molecule has 1 atom stereocenters. The zero-order valence-corrected chi connectivity index (χ0v) is 14.2. The number of phenols is 1. The predicted octanol–water partition coefficient (Wildman–Crippen LogP) is 2.33. The van der Waals surface area contributed by atoms with E-state index in [2.05, 4.69) is 4.98 Å². The quantitative estimate of drug-likeness (QED) is 0.491. The monoisotopic (exact) mass is 350 g/mol. The number of fused-ring (bicyclic) bond motifs is 2. The maximum Gasteiger partial charge on any atom is 0.306 e. The minimum absolute atomic E-state index is 0.0875. The van der Waals surface area contributed by atoms with Crippen molar-refractivity contribution in [2.75, 3.05) is 12.3 Å². The van der Waals surface area contributed by atoms with Gasteiger partial charge < -0.3 is 20.7 Å². The summed E-state index contributed by atoms with van der Waals surface area (Å²) < 4.78 is 7.77. The number of aromatic nitrogens is 2. The molecule has 0 amide bonds. The van der Waals surface area contributed by atoms with Crippen LogP contribution in [0.4, 0.5) is 5.82 Å². The number of aromatic hydroxyl groups is 1. The van der Waals surface area contributed by atoms with Gasteiger partial charge in [-0.1, -0.05) is 41.4 Å². The number of aliphatic hydroxyl groups excluding tert-OH is 1. The number of phenolic OH excluding ortho intramolecular Hbond substituents is 1.